The van der Waals surface area contributed by atoms with E-state index in [4.69, 9.17) is 9.47 Å². The van der Waals surface area contributed by atoms with Crippen molar-refractivity contribution < 1.29 is 34.4 Å². The van der Waals surface area contributed by atoms with Gasteiger partial charge < -0.3 is 24.8 Å². The summed E-state index contributed by atoms with van der Waals surface area (Å²) in [6.07, 6.45) is -5.30. The zero-order valence-electron chi connectivity index (χ0n) is 15.1. The first kappa shape index (κ1) is 19.7. The normalized spacial score (nSPS) is 31.7. The molecule has 0 aromatic heterocycles. The van der Waals surface area contributed by atoms with Crippen molar-refractivity contribution in [2.45, 2.75) is 51.1 Å². The van der Waals surface area contributed by atoms with Crippen molar-refractivity contribution in [3.8, 4) is 0 Å². The highest BCUT2D eigenvalue weighted by Gasteiger charge is 2.52. The molecule has 0 bridgehead atoms. The van der Waals surface area contributed by atoms with Crippen LogP contribution < -0.4 is 0 Å². The highest BCUT2D eigenvalue weighted by atomic mass is 16.7. The van der Waals surface area contributed by atoms with Crippen LogP contribution in [-0.2, 0) is 25.7 Å². The van der Waals surface area contributed by atoms with Gasteiger partial charge in [0, 0.05) is 11.1 Å². The Kier molecular flexibility index (Phi) is 5.73. The molecule has 0 radical (unpaired) electrons. The zero-order chi connectivity index (χ0) is 19.7. The highest BCUT2D eigenvalue weighted by Crippen LogP contribution is 2.32. The van der Waals surface area contributed by atoms with E-state index in [1.165, 1.54) is 13.8 Å². The maximum absolute atomic E-state index is 12.5. The van der Waals surface area contributed by atoms with E-state index in [9.17, 15) is 24.9 Å². The number of benzene rings is 1. The Balaban J connectivity index is 1.87. The SMILES string of the molecule is CC1=C(C)C(=O)N([C@H]2[C@H](OCc3ccccc3)O[C@H](CO)[C@@H](O)[C@@H]2O)C1=O. The van der Waals surface area contributed by atoms with Crippen molar-refractivity contribution in [3.63, 3.8) is 0 Å². The lowest BCUT2D eigenvalue weighted by Crippen LogP contribution is -2.66. The van der Waals surface area contributed by atoms with Crippen molar-refractivity contribution in [1.82, 2.24) is 4.90 Å². The van der Waals surface area contributed by atoms with Crippen LogP contribution in [-0.4, -0.2) is 69.3 Å². The summed E-state index contributed by atoms with van der Waals surface area (Å²) in [6, 6.07) is 7.93. The van der Waals surface area contributed by atoms with Gasteiger partial charge in [-0.05, 0) is 19.4 Å². The Morgan fingerprint density at radius 1 is 1.04 bits per heavy atom. The van der Waals surface area contributed by atoms with E-state index in [1.807, 2.05) is 30.3 Å². The molecule has 0 unspecified atom stereocenters. The van der Waals surface area contributed by atoms with Crippen LogP contribution in [0.1, 0.15) is 19.4 Å². The lowest BCUT2D eigenvalue weighted by molar-refractivity contribution is -0.285. The largest absolute Gasteiger partial charge is 0.394 e. The summed E-state index contributed by atoms with van der Waals surface area (Å²) in [6.45, 7) is 2.61. The number of aliphatic hydroxyl groups is 3. The third-order valence-corrected chi connectivity index (χ3v) is 5.05. The van der Waals surface area contributed by atoms with Gasteiger partial charge in [0.15, 0.2) is 6.29 Å². The van der Waals surface area contributed by atoms with Gasteiger partial charge in [-0.15, -0.1) is 0 Å². The summed E-state index contributed by atoms with van der Waals surface area (Å²) < 4.78 is 11.3. The third-order valence-electron chi connectivity index (χ3n) is 5.05. The Morgan fingerprint density at radius 2 is 1.63 bits per heavy atom. The van der Waals surface area contributed by atoms with E-state index in [0.717, 1.165) is 10.5 Å². The number of ether oxygens (including phenoxy) is 2. The average molecular weight is 377 g/mol. The molecule has 1 fully saturated rings. The van der Waals surface area contributed by atoms with Crippen LogP contribution >= 0.6 is 0 Å². The molecule has 2 aliphatic heterocycles. The Morgan fingerprint density at radius 3 is 2.19 bits per heavy atom. The second-order valence-corrected chi connectivity index (χ2v) is 6.72. The van der Waals surface area contributed by atoms with E-state index < -0.39 is 49.1 Å². The molecular weight excluding hydrogens is 354 g/mol. The van der Waals surface area contributed by atoms with Gasteiger partial charge in [-0.25, -0.2) is 0 Å². The Hall–Kier alpha value is -2.10. The molecule has 8 heteroatoms. The Bertz CT molecular complexity index is 724. The van der Waals surface area contributed by atoms with E-state index >= 15 is 0 Å². The van der Waals surface area contributed by atoms with Gasteiger partial charge in [-0.1, -0.05) is 30.3 Å². The van der Waals surface area contributed by atoms with E-state index in [1.54, 1.807) is 0 Å². The lowest BCUT2D eigenvalue weighted by atomic mass is 9.95. The number of nitrogens with zero attached hydrogens (tertiary/aromatic N) is 1. The molecule has 27 heavy (non-hydrogen) atoms. The number of hydrogen-bond donors (Lipinski definition) is 3. The first-order valence-corrected chi connectivity index (χ1v) is 8.70. The molecular formula is C19H23NO7. The van der Waals surface area contributed by atoms with Crippen LogP contribution in [0.2, 0.25) is 0 Å². The fraction of sp³-hybridized carbons (Fsp3) is 0.474. The first-order valence-electron chi connectivity index (χ1n) is 8.70. The van der Waals surface area contributed by atoms with Gasteiger partial charge in [-0.3, -0.25) is 14.5 Å². The van der Waals surface area contributed by atoms with Crippen LogP contribution in [0, 0.1) is 0 Å². The summed E-state index contributed by atoms with van der Waals surface area (Å²) in [5, 5.41) is 30.2. The van der Waals surface area contributed by atoms with Crippen LogP contribution in [0.5, 0.6) is 0 Å². The minimum Gasteiger partial charge on any atom is -0.394 e. The molecule has 2 heterocycles. The maximum Gasteiger partial charge on any atom is 0.257 e. The maximum atomic E-state index is 12.5. The average Bonchev–Trinajstić information content (AvgIpc) is 2.87. The summed E-state index contributed by atoms with van der Waals surface area (Å²) in [5.41, 5.74) is 1.37. The number of imide groups is 1. The fourth-order valence-corrected chi connectivity index (χ4v) is 3.28. The van der Waals surface area contributed by atoms with Gasteiger partial charge in [-0.2, -0.15) is 0 Å². The monoisotopic (exact) mass is 377 g/mol. The molecule has 1 saturated heterocycles. The minimum atomic E-state index is -1.52. The van der Waals surface area contributed by atoms with Gasteiger partial charge >= 0.3 is 0 Å². The van der Waals surface area contributed by atoms with Crippen LogP contribution in [0.15, 0.2) is 41.5 Å². The predicted octanol–water partition coefficient (Wildman–Crippen LogP) is -0.284. The Labute approximate surface area is 156 Å². The summed E-state index contributed by atoms with van der Waals surface area (Å²) in [4.78, 5) is 26.0. The number of hydrogen-bond acceptors (Lipinski definition) is 7. The second-order valence-electron chi connectivity index (χ2n) is 6.72. The molecule has 0 aliphatic carbocycles. The molecule has 3 N–H and O–H groups in total. The van der Waals surface area contributed by atoms with Crippen molar-refractivity contribution in [2.75, 3.05) is 6.61 Å². The van der Waals surface area contributed by atoms with Gasteiger partial charge in [0.1, 0.15) is 24.4 Å². The van der Waals surface area contributed by atoms with Crippen molar-refractivity contribution >= 4 is 11.8 Å². The van der Waals surface area contributed by atoms with E-state index in [0.29, 0.717) is 0 Å². The molecule has 2 amide bonds. The van der Waals surface area contributed by atoms with E-state index in [-0.39, 0.29) is 17.8 Å². The standard InChI is InChI=1S/C19H23NO7/c1-10-11(2)18(25)20(17(10)24)14-16(23)15(22)13(8-21)27-19(14)26-9-12-6-4-3-5-7-12/h3-7,13-16,19,21-23H,8-9H2,1-2H3/t13-,14-,15-,16-,19-/m1/s1. The summed E-state index contributed by atoms with van der Waals surface area (Å²) >= 11 is 0. The smallest absolute Gasteiger partial charge is 0.257 e. The highest BCUT2D eigenvalue weighted by molar-refractivity contribution is 6.19. The minimum absolute atomic E-state index is 0.102. The lowest BCUT2D eigenvalue weighted by Gasteiger charge is -2.44. The molecule has 5 atom stereocenters. The van der Waals surface area contributed by atoms with Crippen molar-refractivity contribution in [1.29, 1.82) is 0 Å². The van der Waals surface area contributed by atoms with Crippen molar-refractivity contribution in [3.05, 3.63) is 47.0 Å². The van der Waals surface area contributed by atoms with Crippen molar-refractivity contribution in [2.24, 2.45) is 0 Å². The second kappa shape index (κ2) is 7.87. The third kappa shape index (κ3) is 3.54. The number of aliphatic hydroxyl groups excluding tert-OH is 3. The topological polar surface area (TPSA) is 117 Å². The van der Waals surface area contributed by atoms with Gasteiger partial charge in [0.05, 0.1) is 13.2 Å². The number of rotatable bonds is 5. The molecule has 2 aliphatic rings. The van der Waals surface area contributed by atoms with Crippen LogP contribution in [0.4, 0.5) is 0 Å². The van der Waals surface area contributed by atoms with Gasteiger partial charge in [0.25, 0.3) is 11.8 Å². The first-order chi connectivity index (χ1) is 12.9. The molecule has 146 valence electrons. The molecule has 1 aromatic rings. The fourth-order valence-electron chi connectivity index (χ4n) is 3.28. The molecule has 0 saturated carbocycles. The number of amides is 2. The zero-order valence-corrected chi connectivity index (χ0v) is 15.1. The van der Waals surface area contributed by atoms with Crippen LogP contribution in [0.3, 0.4) is 0 Å². The molecule has 3 rings (SSSR count). The molecule has 0 spiro atoms. The summed E-state index contributed by atoms with van der Waals surface area (Å²) in [5.74, 6) is -1.12. The summed E-state index contributed by atoms with van der Waals surface area (Å²) in [7, 11) is 0. The van der Waals surface area contributed by atoms with Crippen LogP contribution in [0.25, 0.3) is 0 Å². The predicted molar refractivity (Wildman–Crippen MR) is 93.0 cm³/mol. The van der Waals surface area contributed by atoms with E-state index in [2.05, 4.69) is 0 Å². The number of carbonyl (C=O) groups excluding carboxylic acids is 2. The molecule has 8 nitrogen and oxygen atoms in total. The quantitative estimate of drug-likeness (QED) is 0.604. The van der Waals surface area contributed by atoms with Gasteiger partial charge in [0.2, 0.25) is 0 Å². The molecule has 1 aromatic carbocycles. The number of carbonyl (C=O) groups is 2.